The van der Waals surface area contributed by atoms with Gasteiger partial charge in [-0.25, -0.2) is 0 Å². The first-order valence-corrected chi connectivity index (χ1v) is 11.4. The standard InChI is InChI=1S/C22H24O8S/c1-27-15-9-7-14(8-10-15)12-28-13-18-17-11-19(23)29-22(20(17)24)21(18)30-31(25,26)16-5-3-2-4-6-16/h2-10,17-18,20-22,24H,11-13H2,1H3/t17-,18+,20+,21-,22?/m1/s1. The number of carbonyl (C=O) groups is 1. The zero-order valence-corrected chi connectivity index (χ0v) is 17.7. The Kier molecular flexibility index (Phi) is 6.29. The Morgan fingerprint density at radius 2 is 1.81 bits per heavy atom. The summed E-state index contributed by atoms with van der Waals surface area (Å²) in [6.07, 6.45) is -3.12. The fraction of sp³-hybridized carbons (Fsp3) is 0.409. The maximum atomic E-state index is 12.8. The first kappa shape index (κ1) is 21.8. The number of aliphatic hydroxyl groups excluding tert-OH is 1. The van der Waals surface area contributed by atoms with Crippen LogP contribution in [0.15, 0.2) is 59.5 Å². The largest absolute Gasteiger partial charge is 0.497 e. The Bertz CT molecular complexity index is 1010. The molecule has 2 bridgehead atoms. The summed E-state index contributed by atoms with van der Waals surface area (Å²) in [5.74, 6) is -0.781. The van der Waals surface area contributed by atoms with Crippen LogP contribution in [0.2, 0.25) is 0 Å². The minimum absolute atomic E-state index is 0.00448. The topological polar surface area (TPSA) is 108 Å². The summed E-state index contributed by atoms with van der Waals surface area (Å²) in [6.45, 7) is 0.386. The summed E-state index contributed by atoms with van der Waals surface area (Å²) in [5, 5.41) is 10.6. The second-order valence-corrected chi connectivity index (χ2v) is 9.24. The van der Waals surface area contributed by atoms with Crippen LogP contribution < -0.4 is 4.74 Å². The van der Waals surface area contributed by atoms with Crippen LogP contribution in [-0.2, 0) is 35.2 Å². The number of aliphatic hydroxyl groups is 1. The van der Waals surface area contributed by atoms with Gasteiger partial charge in [0.1, 0.15) is 11.9 Å². The van der Waals surface area contributed by atoms with Crippen molar-refractivity contribution < 1.29 is 36.7 Å². The van der Waals surface area contributed by atoms with Crippen molar-refractivity contribution in [1.82, 2.24) is 0 Å². The molecule has 5 atom stereocenters. The molecule has 1 aliphatic carbocycles. The van der Waals surface area contributed by atoms with E-state index in [9.17, 15) is 18.3 Å². The molecule has 4 rings (SSSR count). The molecule has 2 aromatic carbocycles. The lowest BCUT2D eigenvalue weighted by Gasteiger charge is -2.26. The van der Waals surface area contributed by atoms with Gasteiger partial charge in [-0.1, -0.05) is 30.3 Å². The smallest absolute Gasteiger partial charge is 0.306 e. The Hall–Kier alpha value is -2.46. The Balaban J connectivity index is 1.49. The van der Waals surface area contributed by atoms with E-state index < -0.39 is 46.2 Å². The van der Waals surface area contributed by atoms with Crippen molar-refractivity contribution in [2.75, 3.05) is 13.7 Å². The van der Waals surface area contributed by atoms with Crippen LogP contribution in [0.25, 0.3) is 0 Å². The van der Waals surface area contributed by atoms with Crippen LogP contribution in [-0.4, -0.2) is 51.5 Å². The normalized spacial score (nSPS) is 27.7. The van der Waals surface area contributed by atoms with Gasteiger partial charge in [-0.3, -0.25) is 8.98 Å². The number of hydrogen-bond donors (Lipinski definition) is 1. The van der Waals surface area contributed by atoms with Gasteiger partial charge in [0.2, 0.25) is 0 Å². The van der Waals surface area contributed by atoms with Crippen LogP contribution >= 0.6 is 0 Å². The predicted octanol–water partition coefficient (Wildman–Crippen LogP) is 1.91. The molecule has 2 fully saturated rings. The summed E-state index contributed by atoms with van der Waals surface area (Å²) in [5.41, 5.74) is 0.906. The monoisotopic (exact) mass is 448 g/mol. The zero-order chi connectivity index (χ0) is 22.0. The fourth-order valence-corrected chi connectivity index (χ4v) is 5.29. The highest BCUT2D eigenvalue weighted by Gasteiger charge is 2.58. The van der Waals surface area contributed by atoms with Crippen molar-refractivity contribution in [1.29, 1.82) is 0 Å². The average Bonchev–Trinajstić information content (AvgIpc) is 2.91. The summed E-state index contributed by atoms with van der Waals surface area (Å²) in [4.78, 5) is 12.0. The summed E-state index contributed by atoms with van der Waals surface area (Å²) < 4.78 is 47.3. The number of methoxy groups -OCH3 is 1. The van der Waals surface area contributed by atoms with Crippen molar-refractivity contribution in [2.45, 2.75) is 36.2 Å². The number of rotatable bonds is 8. The first-order chi connectivity index (χ1) is 14.9. The van der Waals surface area contributed by atoms with Crippen molar-refractivity contribution in [3.63, 3.8) is 0 Å². The van der Waals surface area contributed by atoms with Gasteiger partial charge >= 0.3 is 5.97 Å². The van der Waals surface area contributed by atoms with Crippen LogP contribution in [0.1, 0.15) is 12.0 Å². The maximum Gasteiger partial charge on any atom is 0.306 e. The molecule has 8 nitrogen and oxygen atoms in total. The highest BCUT2D eigenvalue weighted by molar-refractivity contribution is 7.86. The number of benzene rings is 2. The van der Waals surface area contributed by atoms with Gasteiger partial charge in [0.25, 0.3) is 10.1 Å². The average molecular weight is 448 g/mol. The van der Waals surface area contributed by atoms with Crippen molar-refractivity contribution in [3.8, 4) is 5.75 Å². The molecule has 9 heteroatoms. The van der Waals surface area contributed by atoms with E-state index in [0.29, 0.717) is 0 Å². The second-order valence-electron chi connectivity index (χ2n) is 7.67. The van der Waals surface area contributed by atoms with E-state index in [1.165, 1.54) is 12.1 Å². The molecule has 1 saturated carbocycles. The van der Waals surface area contributed by atoms with Gasteiger partial charge in [-0.05, 0) is 29.8 Å². The number of ether oxygens (including phenoxy) is 3. The second kappa shape index (κ2) is 8.96. The molecule has 0 radical (unpaired) electrons. The van der Waals surface area contributed by atoms with Crippen molar-refractivity contribution in [2.24, 2.45) is 11.8 Å². The van der Waals surface area contributed by atoms with Crippen LogP contribution in [0.3, 0.4) is 0 Å². The van der Waals surface area contributed by atoms with E-state index >= 15 is 0 Å². The van der Waals surface area contributed by atoms with E-state index in [4.69, 9.17) is 18.4 Å². The van der Waals surface area contributed by atoms with Gasteiger partial charge in [0, 0.05) is 11.8 Å². The van der Waals surface area contributed by atoms with Crippen molar-refractivity contribution in [3.05, 3.63) is 60.2 Å². The van der Waals surface area contributed by atoms with Crippen LogP contribution in [0, 0.1) is 11.8 Å². The minimum Gasteiger partial charge on any atom is -0.497 e. The van der Waals surface area contributed by atoms with E-state index in [0.717, 1.165) is 11.3 Å². The summed E-state index contributed by atoms with van der Waals surface area (Å²) in [6, 6.07) is 15.1. The third kappa shape index (κ3) is 4.59. The molecule has 31 heavy (non-hydrogen) atoms. The Labute approximate surface area is 180 Å². The molecule has 2 aromatic rings. The SMILES string of the molecule is COc1ccc(COC[C@H]2[C@H]3CC(=O)OC([C@H]3O)[C@@H]2OS(=O)(=O)c2ccccc2)cc1. The molecular weight excluding hydrogens is 424 g/mol. The third-order valence-electron chi connectivity index (χ3n) is 5.75. The number of esters is 1. The van der Waals surface area contributed by atoms with E-state index in [1.54, 1.807) is 25.3 Å². The van der Waals surface area contributed by atoms with Crippen LogP contribution in [0.5, 0.6) is 5.75 Å². The third-order valence-corrected chi connectivity index (χ3v) is 7.07. The van der Waals surface area contributed by atoms with E-state index in [-0.39, 0.29) is 24.5 Å². The van der Waals surface area contributed by atoms with Crippen molar-refractivity contribution >= 4 is 16.1 Å². The van der Waals surface area contributed by atoms with Gasteiger partial charge in [-0.15, -0.1) is 0 Å². The molecule has 1 heterocycles. The molecule has 1 saturated heterocycles. The number of hydrogen-bond acceptors (Lipinski definition) is 8. The lowest BCUT2D eigenvalue weighted by atomic mass is 9.91. The molecule has 0 amide bonds. The molecule has 1 N–H and O–H groups in total. The minimum atomic E-state index is -4.11. The molecule has 1 unspecified atom stereocenters. The summed E-state index contributed by atoms with van der Waals surface area (Å²) in [7, 11) is -2.53. The number of carbonyl (C=O) groups excluding carboxylic acids is 1. The van der Waals surface area contributed by atoms with Gasteiger partial charge in [-0.2, -0.15) is 8.42 Å². The highest BCUT2D eigenvalue weighted by atomic mass is 32.2. The van der Waals surface area contributed by atoms with Gasteiger partial charge in [0.15, 0.2) is 6.10 Å². The fourth-order valence-electron chi connectivity index (χ4n) is 4.15. The maximum absolute atomic E-state index is 12.8. The molecular formula is C22H24O8S. The van der Waals surface area contributed by atoms with Crippen LogP contribution in [0.4, 0.5) is 0 Å². The molecule has 166 valence electrons. The first-order valence-electron chi connectivity index (χ1n) is 9.95. The lowest BCUT2D eigenvalue weighted by Crippen LogP contribution is -2.41. The van der Waals surface area contributed by atoms with E-state index in [1.807, 2.05) is 24.3 Å². The quantitative estimate of drug-likeness (QED) is 0.482. The Morgan fingerprint density at radius 1 is 1.10 bits per heavy atom. The lowest BCUT2D eigenvalue weighted by molar-refractivity contribution is -0.167. The molecule has 0 aromatic heterocycles. The van der Waals surface area contributed by atoms with E-state index in [2.05, 4.69) is 0 Å². The molecule has 0 spiro atoms. The predicted molar refractivity (Wildman–Crippen MR) is 109 cm³/mol. The zero-order valence-electron chi connectivity index (χ0n) is 16.9. The molecule has 1 aliphatic heterocycles. The van der Waals surface area contributed by atoms with Gasteiger partial charge < -0.3 is 19.3 Å². The Morgan fingerprint density at radius 3 is 2.48 bits per heavy atom. The highest BCUT2D eigenvalue weighted by Crippen LogP contribution is 2.43. The number of fused-ring (bicyclic) bond motifs is 2. The van der Waals surface area contributed by atoms with Gasteiger partial charge in [0.05, 0.1) is 37.7 Å². The molecule has 2 aliphatic rings. The summed E-state index contributed by atoms with van der Waals surface area (Å²) >= 11 is 0.